The Hall–Kier alpha value is -1.75. The number of carbonyl (C=O) groups excluding carboxylic acids is 1. The van der Waals surface area contributed by atoms with Crippen LogP contribution in [0.1, 0.15) is 32.8 Å². The summed E-state index contributed by atoms with van der Waals surface area (Å²) in [6.07, 6.45) is 1.05. The van der Waals surface area contributed by atoms with Crippen molar-refractivity contribution >= 4 is 6.03 Å². The van der Waals surface area contributed by atoms with E-state index in [1.165, 1.54) is 0 Å². The molecule has 0 saturated heterocycles. The van der Waals surface area contributed by atoms with Crippen LogP contribution in [0.5, 0.6) is 5.75 Å². The van der Waals surface area contributed by atoms with E-state index >= 15 is 0 Å². The van der Waals surface area contributed by atoms with Crippen LogP contribution in [0.25, 0.3) is 0 Å². The molecule has 5 nitrogen and oxygen atoms in total. The first-order chi connectivity index (χ1) is 10.1. The van der Waals surface area contributed by atoms with E-state index in [0.717, 1.165) is 17.7 Å². The summed E-state index contributed by atoms with van der Waals surface area (Å²) in [5, 5.41) is 5.62. The summed E-state index contributed by atoms with van der Waals surface area (Å²) in [6, 6.07) is 7.54. The largest absolute Gasteiger partial charge is 0.494 e. The number of benzene rings is 1. The molecular formula is C16H26N2O3. The summed E-state index contributed by atoms with van der Waals surface area (Å²) in [5.74, 6) is 0.843. The zero-order chi connectivity index (χ0) is 15.5. The average Bonchev–Trinajstić information content (AvgIpc) is 2.46. The van der Waals surface area contributed by atoms with Crippen LogP contribution in [0.15, 0.2) is 24.3 Å². The standard InChI is InChI=1S/C16H26N2O3/c1-4-20-15-8-6-14(7-9-15)12-18-16(19)17-10-5-11-21-13(2)3/h6-9,13H,4-5,10-12H2,1-3H3,(H2,17,18,19). The lowest BCUT2D eigenvalue weighted by molar-refractivity contribution is 0.0774. The maximum Gasteiger partial charge on any atom is 0.315 e. The molecule has 0 atom stereocenters. The molecule has 1 rings (SSSR count). The Labute approximate surface area is 127 Å². The number of hydrogen-bond donors (Lipinski definition) is 2. The van der Waals surface area contributed by atoms with Crippen LogP contribution in [0.4, 0.5) is 4.79 Å². The van der Waals surface area contributed by atoms with Gasteiger partial charge in [0, 0.05) is 19.7 Å². The molecule has 0 heterocycles. The lowest BCUT2D eigenvalue weighted by Gasteiger charge is -2.10. The highest BCUT2D eigenvalue weighted by Crippen LogP contribution is 2.11. The van der Waals surface area contributed by atoms with Gasteiger partial charge in [-0.3, -0.25) is 0 Å². The van der Waals surface area contributed by atoms with E-state index in [9.17, 15) is 4.79 Å². The fourth-order valence-electron chi connectivity index (χ4n) is 1.71. The predicted molar refractivity (Wildman–Crippen MR) is 83.6 cm³/mol. The Morgan fingerprint density at radius 3 is 2.52 bits per heavy atom. The molecule has 0 aliphatic carbocycles. The molecular weight excluding hydrogens is 268 g/mol. The van der Waals surface area contributed by atoms with Crippen LogP contribution >= 0.6 is 0 Å². The first-order valence-corrected chi connectivity index (χ1v) is 7.47. The molecule has 0 saturated carbocycles. The van der Waals surface area contributed by atoms with Crippen LogP contribution < -0.4 is 15.4 Å². The van der Waals surface area contributed by atoms with Crippen molar-refractivity contribution in [2.24, 2.45) is 0 Å². The summed E-state index contributed by atoms with van der Waals surface area (Å²) in [7, 11) is 0. The van der Waals surface area contributed by atoms with E-state index in [-0.39, 0.29) is 12.1 Å². The van der Waals surface area contributed by atoms with Crippen molar-refractivity contribution in [3.8, 4) is 5.75 Å². The third kappa shape index (κ3) is 8.19. The molecule has 0 unspecified atom stereocenters. The van der Waals surface area contributed by atoms with Crippen molar-refractivity contribution in [3.05, 3.63) is 29.8 Å². The quantitative estimate of drug-likeness (QED) is 0.688. The smallest absolute Gasteiger partial charge is 0.315 e. The minimum Gasteiger partial charge on any atom is -0.494 e. The monoisotopic (exact) mass is 294 g/mol. The highest BCUT2D eigenvalue weighted by atomic mass is 16.5. The van der Waals surface area contributed by atoms with E-state index in [1.54, 1.807) is 0 Å². The number of nitrogens with one attached hydrogen (secondary N) is 2. The van der Waals surface area contributed by atoms with Gasteiger partial charge in [-0.25, -0.2) is 4.79 Å². The summed E-state index contributed by atoms with van der Waals surface area (Å²) in [6.45, 7) is 8.37. The average molecular weight is 294 g/mol. The van der Waals surface area contributed by atoms with Crippen molar-refractivity contribution in [2.75, 3.05) is 19.8 Å². The van der Waals surface area contributed by atoms with Crippen LogP contribution in [-0.2, 0) is 11.3 Å². The number of rotatable bonds is 9. The van der Waals surface area contributed by atoms with Crippen molar-refractivity contribution in [1.29, 1.82) is 0 Å². The molecule has 0 spiro atoms. The second kappa shape index (κ2) is 10.0. The first-order valence-electron chi connectivity index (χ1n) is 7.47. The van der Waals surface area contributed by atoms with Gasteiger partial charge in [0.15, 0.2) is 0 Å². The molecule has 2 N–H and O–H groups in total. The molecule has 5 heteroatoms. The van der Waals surface area contributed by atoms with Gasteiger partial charge >= 0.3 is 6.03 Å². The molecule has 1 aromatic carbocycles. The van der Waals surface area contributed by atoms with Gasteiger partial charge in [-0.2, -0.15) is 0 Å². The maximum atomic E-state index is 11.6. The van der Waals surface area contributed by atoms with Gasteiger partial charge in [-0.1, -0.05) is 12.1 Å². The lowest BCUT2D eigenvalue weighted by Crippen LogP contribution is -2.35. The summed E-state index contributed by atoms with van der Waals surface area (Å²) in [4.78, 5) is 11.6. The van der Waals surface area contributed by atoms with Gasteiger partial charge in [0.2, 0.25) is 0 Å². The molecule has 2 amide bonds. The number of ether oxygens (including phenoxy) is 2. The van der Waals surface area contributed by atoms with Crippen LogP contribution in [0.3, 0.4) is 0 Å². The Morgan fingerprint density at radius 2 is 1.90 bits per heavy atom. The van der Waals surface area contributed by atoms with Crippen molar-refractivity contribution in [2.45, 2.75) is 39.8 Å². The SMILES string of the molecule is CCOc1ccc(CNC(=O)NCCCOC(C)C)cc1. The van der Waals surface area contributed by atoms with Crippen molar-refractivity contribution < 1.29 is 14.3 Å². The molecule has 0 radical (unpaired) electrons. The van der Waals surface area contributed by atoms with Gasteiger partial charge in [-0.05, 0) is 44.9 Å². The molecule has 0 bridgehead atoms. The van der Waals surface area contributed by atoms with Gasteiger partial charge in [0.25, 0.3) is 0 Å². The van der Waals surface area contributed by atoms with Crippen molar-refractivity contribution in [3.63, 3.8) is 0 Å². The first kappa shape index (κ1) is 17.3. The Kier molecular flexibility index (Phi) is 8.28. The molecule has 0 aromatic heterocycles. The van der Waals surface area contributed by atoms with Gasteiger partial charge in [0.05, 0.1) is 12.7 Å². The summed E-state index contributed by atoms with van der Waals surface area (Å²) >= 11 is 0. The summed E-state index contributed by atoms with van der Waals surface area (Å²) < 4.78 is 10.8. The fourth-order valence-corrected chi connectivity index (χ4v) is 1.71. The molecule has 0 aliphatic heterocycles. The Morgan fingerprint density at radius 1 is 1.19 bits per heavy atom. The number of carbonyl (C=O) groups is 1. The molecule has 21 heavy (non-hydrogen) atoms. The van der Waals surface area contributed by atoms with Gasteiger partial charge in [-0.15, -0.1) is 0 Å². The van der Waals surface area contributed by atoms with Crippen LogP contribution in [0, 0.1) is 0 Å². The van der Waals surface area contributed by atoms with E-state index in [1.807, 2.05) is 45.0 Å². The third-order valence-corrected chi connectivity index (χ3v) is 2.75. The zero-order valence-electron chi connectivity index (χ0n) is 13.1. The molecule has 0 fully saturated rings. The molecule has 0 aliphatic rings. The second-order valence-corrected chi connectivity index (χ2v) is 4.96. The fraction of sp³-hybridized carbons (Fsp3) is 0.562. The Bertz CT molecular complexity index is 404. The molecule has 1 aromatic rings. The van der Waals surface area contributed by atoms with E-state index in [0.29, 0.717) is 26.3 Å². The summed E-state index contributed by atoms with van der Waals surface area (Å²) in [5.41, 5.74) is 1.04. The second-order valence-electron chi connectivity index (χ2n) is 4.96. The predicted octanol–water partition coefficient (Wildman–Crippen LogP) is 2.70. The topological polar surface area (TPSA) is 59.6 Å². The minimum atomic E-state index is -0.159. The van der Waals surface area contributed by atoms with Crippen LogP contribution in [0.2, 0.25) is 0 Å². The number of amides is 2. The highest BCUT2D eigenvalue weighted by molar-refractivity contribution is 5.73. The minimum absolute atomic E-state index is 0.159. The van der Waals surface area contributed by atoms with Crippen molar-refractivity contribution in [1.82, 2.24) is 10.6 Å². The Balaban J connectivity index is 2.14. The maximum absolute atomic E-state index is 11.6. The zero-order valence-corrected chi connectivity index (χ0v) is 13.1. The third-order valence-electron chi connectivity index (χ3n) is 2.75. The van der Waals surface area contributed by atoms with E-state index in [2.05, 4.69) is 10.6 Å². The van der Waals surface area contributed by atoms with Gasteiger partial charge in [0.1, 0.15) is 5.75 Å². The van der Waals surface area contributed by atoms with E-state index in [4.69, 9.17) is 9.47 Å². The van der Waals surface area contributed by atoms with E-state index < -0.39 is 0 Å². The highest BCUT2D eigenvalue weighted by Gasteiger charge is 2.01. The van der Waals surface area contributed by atoms with Crippen LogP contribution in [-0.4, -0.2) is 31.9 Å². The normalized spacial score (nSPS) is 10.5. The number of urea groups is 1. The molecule has 118 valence electrons. The van der Waals surface area contributed by atoms with Gasteiger partial charge < -0.3 is 20.1 Å². The number of hydrogen-bond acceptors (Lipinski definition) is 3. The lowest BCUT2D eigenvalue weighted by atomic mass is 10.2.